The maximum Gasteiger partial charge on any atom is 0.238 e. The molecule has 0 saturated carbocycles. The highest BCUT2D eigenvalue weighted by Crippen LogP contribution is 2.14. The van der Waals surface area contributed by atoms with Crippen molar-refractivity contribution in [2.24, 2.45) is 10.1 Å². The van der Waals surface area contributed by atoms with Gasteiger partial charge in [-0.25, -0.2) is 18.5 Å². The van der Waals surface area contributed by atoms with E-state index in [0.717, 1.165) is 50.5 Å². The number of benzene rings is 2. The van der Waals surface area contributed by atoms with Crippen LogP contribution in [0.15, 0.2) is 64.5 Å². The number of hydrogen-bond acceptors (Lipinski definition) is 4. The summed E-state index contributed by atoms with van der Waals surface area (Å²) in [6.45, 7) is 6.25. The smallest absolute Gasteiger partial charge is 0.238 e. The van der Waals surface area contributed by atoms with Crippen molar-refractivity contribution >= 4 is 40.0 Å². The molecule has 1 saturated heterocycles. The molecule has 0 aromatic heterocycles. The van der Waals surface area contributed by atoms with Gasteiger partial charge in [0.25, 0.3) is 0 Å². The van der Waals surface area contributed by atoms with Crippen molar-refractivity contribution in [1.29, 1.82) is 0 Å². The molecule has 170 valence electrons. The first-order valence-corrected chi connectivity index (χ1v) is 11.9. The van der Waals surface area contributed by atoms with Crippen LogP contribution in [0.25, 0.3) is 0 Å². The fourth-order valence-electron chi connectivity index (χ4n) is 3.58. The van der Waals surface area contributed by atoms with E-state index in [1.165, 1.54) is 11.6 Å². The highest BCUT2D eigenvalue weighted by Gasteiger charge is 2.20. The Morgan fingerprint density at radius 2 is 1.77 bits per heavy atom. The molecule has 2 aromatic carbocycles. The van der Waals surface area contributed by atoms with Gasteiger partial charge in [-0.05, 0) is 43.0 Å². The van der Waals surface area contributed by atoms with Crippen LogP contribution in [0.1, 0.15) is 30.9 Å². The Kier molecular flexibility index (Phi) is 10.2. The number of rotatable bonds is 7. The third kappa shape index (κ3) is 8.40. The van der Waals surface area contributed by atoms with Gasteiger partial charge in [0, 0.05) is 32.2 Å². The molecular weight excluding hydrogens is 525 g/mol. The molecule has 3 rings (SSSR count). The van der Waals surface area contributed by atoms with E-state index in [4.69, 9.17) is 5.14 Å². The molecule has 4 N–H and O–H groups in total. The van der Waals surface area contributed by atoms with Crippen molar-refractivity contribution in [2.75, 3.05) is 19.6 Å². The molecule has 0 amide bonds. The van der Waals surface area contributed by atoms with Crippen LogP contribution in [0.3, 0.4) is 0 Å². The topological polar surface area (TPSA) is 99.8 Å². The molecule has 0 radical (unpaired) electrons. The quantitative estimate of drug-likeness (QED) is 0.276. The van der Waals surface area contributed by atoms with Gasteiger partial charge in [0.2, 0.25) is 10.0 Å². The molecule has 0 bridgehead atoms. The number of nitrogens with two attached hydrogens (primary N) is 1. The van der Waals surface area contributed by atoms with Gasteiger partial charge in [0.05, 0.1) is 11.4 Å². The largest absolute Gasteiger partial charge is 0.357 e. The second-order valence-electron chi connectivity index (χ2n) is 7.57. The minimum absolute atomic E-state index is 0. The number of aliphatic imine (C=N–C) groups is 1. The summed E-state index contributed by atoms with van der Waals surface area (Å²) in [5.41, 5.74) is 2.15. The Labute approximate surface area is 202 Å². The molecule has 1 heterocycles. The maximum atomic E-state index is 11.5. The molecule has 0 spiro atoms. The predicted molar refractivity (Wildman–Crippen MR) is 136 cm³/mol. The van der Waals surface area contributed by atoms with Crippen molar-refractivity contribution in [1.82, 2.24) is 15.5 Å². The average Bonchev–Trinajstić information content (AvgIpc) is 2.74. The van der Waals surface area contributed by atoms with E-state index in [9.17, 15) is 8.42 Å². The van der Waals surface area contributed by atoms with Crippen LogP contribution in [0.5, 0.6) is 0 Å². The summed E-state index contributed by atoms with van der Waals surface area (Å²) in [6, 6.07) is 17.5. The lowest BCUT2D eigenvalue weighted by Gasteiger charge is -2.33. The summed E-state index contributed by atoms with van der Waals surface area (Å²) < 4.78 is 23.1. The van der Waals surface area contributed by atoms with Crippen LogP contribution in [-0.4, -0.2) is 45.0 Å². The monoisotopic (exact) mass is 557 g/mol. The van der Waals surface area contributed by atoms with Crippen molar-refractivity contribution < 1.29 is 8.42 Å². The molecular formula is C22H32IN5O2S. The van der Waals surface area contributed by atoms with Gasteiger partial charge < -0.3 is 10.6 Å². The Bertz CT molecular complexity index is 945. The van der Waals surface area contributed by atoms with Crippen LogP contribution >= 0.6 is 24.0 Å². The number of piperidine rings is 1. The van der Waals surface area contributed by atoms with Gasteiger partial charge in [0.15, 0.2) is 5.96 Å². The third-order valence-electron chi connectivity index (χ3n) is 5.17. The molecule has 1 aliphatic heterocycles. The van der Waals surface area contributed by atoms with Gasteiger partial charge in [-0.1, -0.05) is 42.5 Å². The van der Waals surface area contributed by atoms with Crippen LogP contribution in [-0.2, 0) is 23.1 Å². The van der Waals surface area contributed by atoms with E-state index in [0.29, 0.717) is 12.6 Å². The highest BCUT2D eigenvalue weighted by atomic mass is 127. The fraction of sp³-hybridized carbons (Fsp3) is 0.409. The molecule has 0 unspecified atom stereocenters. The van der Waals surface area contributed by atoms with Crippen LogP contribution < -0.4 is 15.8 Å². The normalized spacial score (nSPS) is 15.9. The van der Waals surface area contributed by atoms with E-state index < -0.39 is 10.0 Å². The molecule has 31 heavy (non-hydrogen) atoms. The van der Waals surface area contributed by atoms with Crippen LogP contribution in [0.2, 0.25) is 0 Å². The van der Waals surface area contributed by atoms with Gasteiger partial charge >= 0.3 is 0 Å². The standard InChI is InChI=1S/C22H31N5O2S.HI/c1-2-24-22(25-16-19-9-6-10-21(15-19)30(23,28)29)26-20-11-13-27(14-12-20)17-18-7-4-3-5-8-18;/h3-10,15,20H,2,11-14,16-17H2,1H3,(H2,23,28,29)(H2,24,25,26);1H. The van der Waals surface area contributed by atoms with Crippen LogP contribution in [0, 0.1) is 0 Å². The summed E-state index contributed by atoms with van der Waals surface area (Å²) in [6.07, 6.45) is 2.11. The van der Waals surface area contributed by atoms with Crippen molar-refractivity contribution in [3.63, 3.8) is 0 Å². The summed E-state index contributed by atoms with van der Waals surface area (Å²) >= 11 is 0. The zero-order valence-corrected chi connectivity index (χ0v) is 21.0. The number of sulfonamides is 1. The SMILES string of the molecule is CCNC(=NCc1cccc(S(N)(=O)=O)c1)NC1CCN(Cc2ccccc2)CC1.I. The minimum Gasteiger partial charge on any atom is -0.357 e. The number of guanidine groups is 1. The van der Waals surface area contributed by atoms with Gasteiger partial charge in [0.1, 0.15) is 0 Å². The molecule has 0 aliphatic carbocycles. The second kappa shape index (κ2) is 12.4. The molecule has 2 aromatic rings. The maximum absolute atomic E-state index is 11.5. The van der Waals surface area contributed by atoms with E-state index in [1.807, 2.05) is 19.1 Å². The summed E-state index contributed by atoms with van der Waals surface area (Å²) in [7, 11) is -3.71. The first-order valence-electron chi connectivity index (χ1n) is 10.4. The van der Waals surface area contributed by atoms with Gasteiger partial charge in [-0.3, -0.25) is 4.90 Å². The highest BCUT2D eigenvalue weighted by molar-refractivity contribution is 14.0. The minimum atomic E-state index is -3.71. The van der Waals surface area contributed by atoms with Crippen molar-refractivity contribution in [3.8, 4) is 0 Å². The Morgan fingerprint density at radius 1 is 1.10 bits per heavy atom. The van der Waals surface area contributed by atoms with E-state index in [1.54, 1.807) is 12.1 Å². The number of nitrogens with zero attached hydrogens (tertiary/aromatic N) is 2. The molecule has 0 atom stereocenters. The van der Waals surface area contributed by atoms with Gasteiger partial charge in [-0.15, -0.1) is 24.0 Å². The Balaban J connectivity index is 0.00000341. The molecule has 7 nitrogen and oxygen atoms in total. The first kappa shape index (κ1) is 25.6. The lowest BCUT2D eigenvalue weighted by atomic mass is 10.0. The first-order chi connectivity index (χ1) is 14.4. The summed E-state index contributed by atoms with van der Waals surface area (Å²) in [4.78, 5) is 7.23. The number of halogens is 1. The Hall–Kier alpha value is -1.69. The lowest BCUT2D eigenvalue weighted by Crippen LogP contribution is -2.48. The fourth-order valence-corrected chi connectivity index (χ4v) is 4.17. The Morgan fingerprint density at radius 3 is 2.42 bits per heavy atom. The molecule has 1 aliphatic rings. The number of nitrogens with one attached hydrogen (secondary N) is 2. The molecule has 9 heteroatoms. The number of primary sulfonamides is 1. The third-order valence-corrected chi connectivity index (χ3v) is 6.08. The lowest BCUT2D eigenvalue weighted by molar-refractivity contribution is 0.198. The van der Waals surface area contributed by atoms with E-state index in [-0.39, 0.29) is 28.9 Å². The summed E-state index contributed by atoms with van der Waals surface area (Å²) in [5, 5.41) is 12.0. The molecule has 1 fully saturated rings. The summed E-state index contributed by atoms with van der Waals surface area (Å²) in [5.74, 6) is 0.750. The number of hydrogen-bond donors (Lipinski definition) is 3. The van der Waals surface area contributed by atoms with Crippen LogP contribution in [0.4, 0.5) is 0 Å². The van der Waals surface area contributed by atoms with Crippen molar-refractivity contribution in [2.45, 2.75) is 43.8 Å². The number of likely N-dealkylation sites (tertiary alicyclic amines) is 1. The predicted octanol–water partition coefficient (Wildman–Crippen LogP) is 2.67. The van der Waals surface area contributed by atoms with E-state index >= 15 is 0 Å². The average molecular weight is 558 g/mol. The van der Waals surface area contributed by atoms with E-state index in [2.05, 4.69) is 44.8 Å². The van der Waals surface area contributed by atoms with Gasteiger partial charge in [-0.2, -0.15) is 0 Å². The second-order valence-corrected chi connectivity index (χ2v) is 9.13. The van der Waals surface area contributed by atoms with Crippen molar-refractivity contribution in [3.05, 3.63) is 65.7 Å². The zero-order valence-electron chi connectivity index (χ0n) is 17.8. The zero-order chi connectivity index (χ0) is 21.4.